The number of fused-ring (bicyclic) bond motifs is 3. The Kier molecular flexibility index (Phi) is 11.2. The maximum Gasteiger partial charge on any atom is 4.00 e. The molecule has 136 valence electrons. The van der Waals surface area contributed by atoms with E-state index in [0.29, 0.717) is 15.4 Å². The summed E-state index contributed by atoms with van der Waals surface area (Å²) < 4.78 is 0. The summed E-state index contributed by atoms with van der Waals surface area (Å²) >= 11 is 0. The number of hydrogen-bond donors (Lipinski definition) is 0. The molecular formula is C22H19Cl3SiTi. The first-order chi connectivity index (χ1) is 11.3. The van der Waals surface area contributed by atoms with Crippen LogP contribution in [0.1, 0.15) is 36.0 Å². The maximum absolute atomic E-state index is 3.80. The molecular weight excluding hydrogens is 447 g/mol. The van der Waals surface area contributed by atoms with E-state index in [1.54, 1.807) is 0 Å². The predicted molar refractivity (Wildman–Crippen MR) is 99.0 cm³/mol. The minimum atomic E-state index is 0. The minimum Gasteiger partial charge on any atom is -1.00 e. The monoisotopic (exact) mass is 464 g/mol. The van der Waals surface area contributed by atoms with E-state index < -0.39 is 0 Å². The summed E-state index contributed by atoms with van der Waals surface area (Å²) in [5, 5.41) is 2.75. The van der Waals surface area contributed by atoms with Crippen LogP contribution < -0.4 is 47.6 Å². The van der Waals surface area contributed by atoms with Crippen LogP contribution in [0.4, 0.5) is 0 Å². The number of rotatable bonds is 3. The molecule has 1 aliphatic rings. The SMILES string of the molecule is CCC1c2[c-]c([Si]c3ccccc3)c(C)cc2-c2ccccc21.[Cl-].[Cl-].[Cl-].[Ti+4]. The zero-order chi connectivity index (χ0) is 15.8. The molecule has 0 heterocycles. The summed E-state index contributed by atoms with van der Waals surface area (Å²) in [5.41, 5.74) is 7.03. The van der Waals surface area contributed by atoms with Crippen molar-refractivity contribution in [2.24, 2.45) is 0 Å². The Bertz CT molecular complexity index is 869. The van der Waals surface area contributed by atoms with E-state index in [4.69, 9.17) is 0 Å². The van der Waals surface area contributed by atoms with Crippen molar-refractivity contribution in [3.8, 4) is 11.1 Å². The quantitative estimate of drug-likeness (QED) is 0.269. The molecule has 3 aromatic rings. The molecule has 0 saturated heterocycles. The third kappa shape index (κ3) is 5.09. The van der Waals surface area contributed by atoms with Crippen LogP contribution in [0, 0.1) is 13.0 Å². The van der Waals surface area contributed by atoms with Crippen molar-refractivity contribution in [2.45, 2.75) is 26.2 Å². The summed E-state index contributed by atoms with van der Waals surface area (Å²) in [7, 11) is 0.681. The Morgan fingerprint density at radius 1 is 0.889 bits per heavy atom. The van der Waals surface area contributed by atoms with Crippen molar-refractivity contribution in [3.63, 3.8) is 0 Å². The Morgan fingerprint density at radius 3 is 2.19 bits per heavy atom. The van der Waals surface area contributed by atoms with Crippen molar-refractivity contribution >= 4 is 19.9 Å². The molecule has 4 rings (SSSR count). The molecule has 0 saturated carbocycles. The third-order valence-corrected chi connectivity index (χ3v) is 6.12. The molecule has 0 fully saturated rings. The van der Waals surface area contributed by atoms with Crippen LogP contribution in [0.15, 0.2) is 60.7 Å². The second kappa shape index (κ2) is 11.5. The molecule has 0 bridgehead atoms. The van der Waals surface area contributed by atoms with Crippen molar-refractivity contribution in [2.75, 3.05) is 0 Å². The molecule has 5 heteroatoms. The molecule has 1 aliphatic carbocycles. The van der Waals surface area contributed by atoms with Crippen molar-refractivity contribution in [1.82, 2.24) is 0 Å². The van der Waals surface area contributed by atoms with Crippen LogP contribution in [0.2, 0.25) is 0 Å². The number of hydrogen-bond acceptors (Lipinski definition) is 0. The molecule has 1 atom stereocenters. The van der Waals surface area contributed by atoms with E-state index in [9.17, 15) is 0 Å². The first-order valence-corrected chi connectivity index (χ1v) is 9.26. The minimum absolute atomic E-state index is 0. The van der Waals surface area contributed by atoms with Crippen LogP contribution >= 0.6 is 0 Å². The van der Waals surface area contributed by atoms with Gasteiger partial charge in [-0.15, -0.1) is 11.1 Å². The first kappa shape index (κ1) is 26.5. The number of benzene rings is 3. The van der Waals surface area contributed by atoms with Gasteiger partial charge < -0.3 is 37.2 Å². The smallest absolute Gasteiger partial charge is 1.00 e. The zero-order valence-corrected chi connectivity index (χ0v) is 20.0. The second-order valence-corrected chi connectivity index (χ2v) is 7.52. The molecule has 0 aliphatic heterocycles. The van der Waals surface area contributed by atoms with E-state index in [1.807, 2.05) is 0 Å². The summed E-state index contributed by atoms with van der Waals surface area (Å²) in [6, 6.07) is 25.8. The van der Waals surface area contributed by atoms with Gasteiger partial charge in [-0.05, 0) is 17.9 Å². The molecule has 0 nitrogen and oxygen atoms in total. The van der Waals surface area contributed by atoms with Crippen molar-refractivity contribution < 1.29 is 58.9 Å². The molecule has 27 heavy (non-hydrogen) atoms. The van der Waals surface area contributed by atoms with Crippen molar-refractivity contribution in [3.05, 3.63) is 83.4 Å². The van der Waals surface area contributed by atoms with E-state index in [-0.39, 0.29) is 58.9 Å². The van der Waals surface area contributed by atoms with Gasteiger partial charge in [-0.1, -0.05) is 79.2 Å². The van der Waals surface area contributed by atoms with E-state index in [0.717, 1.165) is 6.42 Å². The fourth-order valence-electron chi connectivity index (χ4n) is 3.59. The molecule has 0 amide bonds. The van der Waals surface area contributed by atoms with E-state index in [1.165, 1.54) is 38.2 Å². The average Bonchev–Trinajstić information content (AvgIpc) is 2.89. The number of aryl methyl sites for hydroxylation is 1. The second-order valence-electron chi connectivity index (χ2n) is 6.19. The Balaban J connectivity index is 0.00000169. The van der Waals surface area contributed by atoms with Gasteiger partial charge in [0, 0.05) is 0 Å². The fraction of sp³-hybridized carbons (Fsp3) is 0.182. The molecule has 2 radical (unpaired) electrons. The predicted octanol–water partition coefficient (Wildman–Crippen LogP) is -5.02. The van der Waals surface area contributed by atoms with Gasteiger partial charge in [-0.2, -0.15) is 22.9 Å². The van der Waals surface area contributed by atoms with Gasteiger partial charge in [-0.25, -0.2) is 0 Å². The fourth-order valence-corrected chi connectivity index (χ4v) is 4.70. The van der Waals surface area contributed by atoms with Gasteiger partial charge in [0.15, 0.2) is 0 Å². The summed E-state index contributed by atoms with van der Waals surface area (Å²) in [4.78, 5) is 0. The van der Waals surface area contributed by atoms with Crippen LogP contribution in [-0.4, -0.2) is 9.52 Å². The molecule has 0 N–H and O–H groups in total. The van der Waals surface area contributed by atoms with Gasteiger partial charge in [0.25, 0.3) is 0 Å². The Hall–Kier alpha value is -0.539. The largest absolute Gasteiger partial charge is 4.00 e. The summed E-state index contributed by atoms with van der Waals surface area (Å²) in [6.45, 7) is 4.51. The van der Waals surface area contributed by atoms with E-state index in [2.05, 4.69) is 80.6 Å². The van der Waals surface area contributed by atoms with Crippen LogP contribution in [-0.2, 0) is 21.7 Å². The van der Waals surface area contributed by atoms with Crippen molar-refractivity contribution in [1.29, 1.82) is 0 Å². The van der Waals surface area contributed by atoms with Gasteiger partial charge >= 0.3 is 21.7 Å². The number of halogens is 3. The topological polar surface area (TPSA) is 0 Å². The Morgan fingerprint density at radius 2 is 1.52 bits per heavy atom. The van der Waals surface area contributed by atoms with Crippen LogP contribution in [0.3, 0.4) is 0 Å². The summed E-state index contributed by atoms with van der Waals surface area (Å²) in [5.74, 6) is 0.501. The van der Waals surface area contributed by atoms with Gasteiger partial charge in [0.2, 0.25) is 0 Å². The van der Waals surface area contributed by atoms with E-state index >= 15 is 0 Å². The molecule has 3 aromatic carbocycles. The molecule has 0 aromatic heterocycles. The zero-order valence-electron chi connectivity index (χ0n) is 15.2. The van der Waals surface area contributed by atoms with Gasteiger partial charge in [0.1, 0.15) is 0 Å². The van der Waals surface area contributed by atoms with Crippen LogP contribution in [0.25, 0.3) is 11.1 Å². The summed E-state index contributed by atoms with van der Waals surface area (Å²) in [6.07, 6.45) is 1.14. The maximum atomic E-state index is 3.80. The first-order valence-electron chi connectivity index (χ1n) is 8.26. The molecule has 0 spiro atoms. The normalized spacial score (nSPS) is 13.0. The average molecular weight is 466 g/mol. The van der Waals surface area contributed by atoms with Crippen LogP contribution in [0.5, 0.6) is 0 Å². The van der Waals surface area contributed by atoms with Gasteiger partial charge in [-0.3, -0.25) is 0 Å². The third-order valence-electron chi connectivity index (χ3n) is 4.73. The standard InChI is InChI=1S/C22H19Si.3ClH.Ti/c1-3-17-18-11-7-8-12-19(18)20-13-15(2)22(14-21(17)20)23-16-9-5-4-6-10-16;;;;/h4-13,17H,3H2,1-2H3;3*1H;/q-1;;;;+4/p-3. The molecule has 1 unspecified atom stereocenters. The Labute approximate surface area is 198 Å². The van der Waals surface area contributed by atoms with Gasteiger partial charge in [0.05, 0.1) is 9.52 Å².